The molecule has 2 aromatic carbocycles. The standard InChI is InChI=1S/C25H33F2N3O3/c1-6-30(7-2)21(17-10-8-11-18(14-17)33-5)15-28-25(32)23(16(3)4)29-24(31)22-19(26)12-9-13-20(22)27/h8-14,16,21,23H,6-7,15H2,1-5H3,(H,28,32)(H,29,31)/t21?,23-/m0/s1. The van der Waals surface area contributed by atoms with Crippen LogP contribution in [0.15, 0.2) is 42.5 Å². The zero-order chi connectivity index (χ0) is 24.5. The highest BCUT2D eigenvalue weighted by Crippen LogP contribution is 2.24. The van der Waals surface area contributed by atoms with E-state index in [4.69, 9.17) is 4.74 Å². The van der Waals surface area contributed by atoms with Gasteiger partial charge >= 0.3 is 0 Å². The van der Waals surface area contributed by atoms with Gasteiger partial charge in [-0.3, -0.25) is 14.5 Å². The SMILES string of the molecule is CCN(CC)C(CNC(=O)[C@@H](NC(=O)c1c(F)cccc1F)C(C)C)c1cccc(OC)c1. The van der Waals surface area contributed by atoms with Crippen molar-refractivity contribution in [2.45, 2.75) is 39.8 Å². The quantitative estimate of drug-likeness (QED) is 0.532. The second-order valence-electron chi connectivity index (χ2n) is 8.05. The molecular weight excluding hydrogens is 428 g/mol. The summed E-state index contributed by atoms with van der Waals surface area (Å²) in [5, 5.41) is 5.40. The summed E-state index contributed by atoms with van der Waals surface area (Å²) in [5.74, 6) is -2.92. The van der Waals surface area contributed by atoms with Crippen molar-refractivity contribution in [3.05, 3.63) is 65.2 Å². The van der Waals surface area contributed by atoms with Crippen molar-refractivity contribution in [2.24, 2.45) is 5.92 Å². The van der Waals surface area contributed by atoms with Crippen molar-refractivity contribution >= 4 is 11.8 Å². The number of ether oxygens (including phenoxy) is 1. The predicted molar refractivity (Wildman–Crippen MR) is 124 cm³/mol. The molecule has 0 spiro atoms. The van der Waals surface area contributed by atoms with Gasteiger partial charge in [-0.25, -0.2) is 8.78 Å². The van der Waals surface area contributed by atoms with Crippen LogP contribution in [0.5, 0.6) is 5.75 Å². The van der Waals surface area contributed by atoms with Gasteiger partial charge in [-0.15, -0.1) is 0 Å². The fourth-order valence-electron chi connectivity index (χ4n) is 3.74. The van der Waals surface area contributed by atoms with Crippen molar-refractivity contribution in [3.63, 3.8) is 0 Å². The Morgan fingerprint density at radius 2 is 1.64 bits per heavy atom. The lowest BCUT2D eigenvalue weighted by Gasteiger charge is -2.31. The number of hydrogen-bond acceptors (Lipinski definition) is 4. The molecule has 0 saturated carbocycles. The van der Waals surface area contributed by atoms with Crippen LogP contribution in [0.3, 0.4) is 0 Å². The largest absolute Gasteiger partial charge is 0.497 e. The predicted octanol–water partition coefficient (Wildman–Crippen LogP) is 3.93. The van der Waals surface area contributed by atoms with Crippen LogP contribution in [-0.2, 0) is 4.79 Å². The monoisotopic (exact) mass is 461 g/mol. The number of rotatable bonds is 11. The molecule has 6 nitrogen and oxygen atoms in total. The van der Waals surface area contributed by atoms with E-state index in [9.17, 15) is 18.4 Å². The van der Waals surface area contributed by atoms with Crippen LogP contribution >= 0.6 is 0 Å². The maximum atomic E-state index is 14.0. The number of carbonyl (C=O) groups is 2. The summed E-state index contributed by atoms with van der Waals surface area (Å²) in [5.41, 5.74) is 0.283. The third kappa shape index (κ3) is 6.74. The van der Waals surface area contributed by atoms with E-state index in [1.807, 2.05) is 38.1 Å². The Morgan fingerprint density at radius 1 is 1.03 bits per heavy atom. The number of amides is 2. The van der Waals surface area contributed by atoms with Crippen LogP contribution in [0.25, 0.3) is 0 Å². The fraction of sp³-hybridized carbons (Fsp3) is 0.440. The first-order valence-corrected chi connectivity index (χ1v) is 11.1. The Balaban J connectivity index is 2.19. The summed E-state index contributed by atoms with van der Waals surface area (Å²) >= 11 is 0. The van der Waals surface area contributed by atoms with Crippen LogP contribution in [0.1, 0.15) is 49.7 Å². The van der Waals surface area contributed by atoms with Crippen molar-refractivity contribution in [1.82, 2.24) is 15.5 Å². The maximum Gasteiger partial charge on any atom is 0.257 e. The number of carbonyl (C=O) groups excluding carboxylic acids is 2. The molecule has 2 N–H and O–H groups in total. The summed E-state index contributed by atoms with van der Waals surface area (Å²) in [6.45, 7) is 9.42. The van der Waals surface area contributed by atoms with Gasteiger partial charge < -0.3 is 15.4 Å². The molecule has 0 heterocycles. The average Bonchev–Trinajstić information content (AvgIpc) is 2.79. The molecule has 0 aliphatic heterocycles. The average molecular weight is 462 g/mol. The number of halogens is 2. The molecule has 1 unspecified atom stereocenters. The lowest BCUT2D eigenvalue weighted by molar-refractivity contribution is -0.124. The number of hydrogen-bond donors (Lipinski definition) is 2. The Labute approximate surface area is 194 Å². The highest BCUT2D eigenvalue weighted by atomic mass is 19.1. The molecule has 0 aliphatic carbocycles. The Bertz CT molecular complexity index is 928. The van der Waals surface area contributed by atoms with E-state index in [2.05, 4.69) is 15.5 Å². The van der Waals surface area contributed by atoms with E-state index >= 15 is 0 Å². The van der Waals surface area contributed by atoms with E-state index in [1.165, 1.54) is 6.07 Å². The van der Waals surface area contributed by atoms with Crippen LogP contribution in [0.2, 0.25) is 0 Å². The van der Waals surface area contributed by atoms with Crippen LogP contribution < -0.4 is 15.4 Å². The lowest BCUT2D eigenvalue weighted by Crippen LogP contribution is -2.51. The second-order valence-corrected chi connectivity index (χ2v) is 8.05. The van der Waals surface area contributed by atoms with Gasteiger partial charge in [0.25, 0.3) is 5.91 Å². The van der Waals surface area contributed by atoms with Gasteiger partial charge in [0, 0.05) is 6.54 Å². The van der Waals surface area contributed by atoms with Crippen LogP contribution in [0.4, 0.5) is 8.78 Å². The molecular formula is C25H33F2N3O3. The van der Waals surface area contributed by atoms with Gasteiger partial charge in [0.15, 0.2) is 0 Å². The smallest absolute Gasteiger partial charge is 0.257 e. The molecule has 2 amide bonds. The Hall–Kier alpha value is -3.00. The van der Waals surface area contributed by atoms with Crippen molar-refractivity contribution < 1.29 is 23.1 Å². The lowest BCUT2D eigenvalue weighted by atomic mass is 10.0. The molecule has 2 rings (SSSR count). The zero-order valence-electron chi connectivity index (χ0n) is 19.8. The van der Waals surface area contributed by atoms with Crippen LogP contribution in [0, 0.1) is 17.6 Å². The Morgan fingerprint density at radius 3 is 2.18 bits per heavy atom. The van der Waals surface area contributed by atoms with Gasteiger partial charge in [-0.05, 0) is 48.8 Å². The summed E-state index contributed by atoms with van der Waals surface area (Å²) in [7, 11) is 1.60. The second kappa shape index (κ2) is 12.3. The topological polar surface area (TPSA) is 70.7 Å². The first kappa shape index (κ1) is 26.3. The van der Waals surface area contributed by atoms with Crippen molar-refractivity contribution in [3.8, 4) is 5.75 Å². The normalized spacial score (nSPS) is 13.0. The zero-order valence-corrected chi connectivity index (χ0v) is 19.8. The molecule has 2 atom stereocenters. The molecule has 0 saturated heterocycles. The number of methoxy groups -OCH3 is 1. The molecule has 180 valence electrons. The Kier molecular flexibility index (Phi) is 9.78. The first-order valence-electron chi connectivity index (χ1n) is 11.1. The number of nitrogens with zero attached hydrogens (tertiary/aromatic N) is 1. The van der Waals surface area contributed by atoms with Gasteiger partial charge in [0.05, 0.1) is 13.2 Å². The van der Waals surface area contributed by atoms with Crippen molar-refractivity contribution in [2.75, 3.05) is 26.7 Å². The molecule has 0 fully saturated rings. The van der Waals surface area contributed by atoms with Crippen LogP contribution in [-0.4, -0.2) is 49.5 Å². The van der Waals surface area contributed by atoms with E-state index in [-0.39, 0.29) is 12.0 Å². The summed E-state index contributed by atoms with van der Waals surface area (Å²) in [6, 6.07) is 9.76. The minimum atomic E-state index is -0.977. The molecule has 0 aliphatic rings. The van der Waals surface area contributed by atoms with Gasteiger partial charge in [-0.2, -0.15) is 0 Å². The summed E-state index contributed by atoms with van der Waals surface area (Å²) < 4.78 is 33.4. The molecule has 0 radical (unpaired) electrons. The van der Waals surface area contributed by atoms with E-state index < -0.39 is 35.1 Å². The number of nitrogens with one attached hydrogen (secondary N) is 2. The van der Waals surface area contributed by atoms with Gasteiger partial charge in [0.1, 0.15) is 29.0 Å². The summed E-state index contributed by atoms with van der Waals surface area (Å²) in [6.07, 6.45) is 0. The van der Waals surface area contributed by atoms with Gasteiger partial charge in [0.2, 0.25) is 5.91 Å². The number of benzene rings is 2. The minimum Gasteiger partial charge on any atom is -0.497 e. The molecule has 2 aromatic rings. The third-order valence-corrected chi connectivity index (χ3v) is 5.63. The molecule has 0 bridgehead atoms. The molecule has 33 heavy (non-hydrogen) atoms. The molecule has 8 heteroatoms. The van der Waals surface area contributed by atoms with E-state index in [1.54, 1.807) is 21.0 Å². The first-order chi connectivity index (χ1) is 15.7. The van der Waals surface area contributed by atoms with E-state index in [0.717, 1.165) is 36.5 Å². The maximum absolute atomic E-state index is 14.0. The highest BCUT2D eigenvalue weighted by Gasteiger charge is 2.28. The number of likely N-dealkylation sites (N-methyl/N-ethyl adjacent to an activating group) is 1. The third-order valence-electron chi connectivity index (χ3n) is 5.63. The van der Waals surface area contributed by atoms with Crippen molar-refractivity contribution in [1.29, 1.82) is 0 Å². The highest BCUT2D eigenvalue weighted by molar-refractivity contribution is 5.98. The molecule has 0 aromatic heterocycles. The van der Waals surface area contributed by atoms with E-state index in [0.29, 0.717) is 6.54 Å². The van der Waals surface area contributed by atoms with Gasteiger partial charge in [-0.1, -0.05) is 45.9 Å². The fourth-order valence-corrected chi connectivity index (χ4v) is 3.74. The minimum absolute atomic E-state index is 0.119. The summed E-state index contributed by atoms with van der Waals surface area (Å²) in [4.78, 5) is 27.8.